The van der Waals surface area contributed by atoms with E-state index in [1.165, 1.54) is 0 Å². The Balaban J connectivity index is 2.66. The zero-order valence-electron chi connectivity index (χ0n) is 8.25. The van der Waals surface area contributed by atoms with Crippen LogP contribution >= 0.6 is 27.3 Å². The monoisotopic (exact) mass is 262 g/mol. The van der Waals surface area contributed by atoms with E-state index in [2.05, 4.69) is 46.6 Å². The molecule has 0 radical (unpaired) electrons. The molecule has 4 heteroatoms. The molecule has 0 aliphatic rings. The Morgan fingerprint density at radius 1 is 1.62 bits per heavy atom. The second-order valence-electron chi connectivity index (χ2n) is 3.39. The number of anilines is 1. The highest BCUT2D eigenvalue weighted by Gasteiger charge is 2.09. The molecule has 0 aliphatic carbocycles. The van der Waals surface area contributed by atoms with Crippen molar-refractivity contribution in [2.45, 2.75) is 20.8 Å². The number of hydrogen-bond acceptors (Lipinski definition) is 3. The molecule has 0 spiro atoms. The van der Waals surface area contributed by atoms with E-state index in [1.807, 2.05) is 5.38 Å². The summed E-state index contributed by atoms with van der Waals surface area (Å²) in [5.74, 6) is 0.683. The van der Waals surface area contributed by atoms with Crippen molar-refractivity contribution in [1.82, 2.24) is 4.98 Å². The molecular weight excluding hydrogens is 248 g/mol. The lowest BCUT2D eigenvalue weighted by molar-refractivity contribution is 0.617. The van der Waals surface area contributed by atoms with Crippen LogP contribution in [0.15, 0.2) is 9.98 Å². The lowest BCUT2D eigenvalue weighted by atomic mass is 10.2. The summed E-state index contributed by atoms with van der Waals surface area (Å²) in [6, 6.07) is 0. The zero-order chi connectivity index (χ0) is 9.84. The first-order valence-corrected chi connectivity index (χ1v) is 6.16. The quantitative estimate of drug-likeness (QED) is 0.827. The number of hydrogen-bond donors (Lipinski definition) is 0. The predicted molar refractivity (Wildman–Crippen MR) is 62.5 cm³/mol. The van der Waals surface area contributed by atoms with Gasteiger partial charge in [0, 0.05) is 18.5 Å². The van der Waals surface area contributed by atoms with Crippen LogP contribution in [-0.4, -0.2) is 18.1 Å². The standard InChI is InChI=1S/C9H15BrN2S/c1-4-12(5-7(2)3)9-11-8(10)6-13-9/h6-7H,4-5H2,1-3H3. The minimum Gasteiger partial charge on any atom is -0.348 e. The summed E-state index contributed by atoms with van der Waals surface area (Å²) in [7, 11) is 0. The maximum atomic E-state index is 4.40. The summed E-state index contributed by atoms with van der Waals surface area (Å²) in [4.78, 5) is 6.70. The highest BCUT2D eigenvalue weighted by molar-refractivity contribution is 9.10. The lowest BCUT2D eigenvalue weighted by Gasteiger charge is -2.21. The molecule has 0 bridgehead atoms. The van der Waals surface area contributed by atoms with Gasteiger partial charge in [-0.25, -0.2) is 4.98 Å². The number of rotatable bonds is 4. The molecule has 74 valence electrons. The molecule has 0 aromatic carbocycles. The van der Waals surface area contributed by atoms with Crippen molar-refractivity contribution in [1.29, 1.82) is 0 Å². The average molecular weight is 263 g/mol. The molecule has 0 amide bonds. The van der Waals surface area contributed by atoms with Crippen molar-refractivity contribution in [2.24, 2.45) is 5.92 Å². The molecule has 0 atom stereocenters. The molecule has 0 fully saturated rings. The summed E-state index contributed by atoms with van der Waals surface area (Å²) < 4.78 is 0.940. The van der Waals surface area contributed by atoms with Gasteiger partial charge in [0.05, 0.1) is 0 Å². The van der Waals surface area contributed by atoms with Gasteiger partial charge in [-0.2, -0.15) is 0 Å². The van der Waals surface area contributed by atoms with Gasteiger partial charge in [0.1, 0.15) is 4.60 Å². The first-order chi connectivity index (χ1) is 6.13. The Kier molecular flexibility index (Phi) is 4.19. The van der Waals surface area contributed by atoms with Gasteiger partial charge in [-0.05, 0) is 28.8 Å². The molecule has 2 nitrogen and oxygen atoms in total. The zero-order valence-corrected chi connectivity index (χ0v) is 10.7. The van der Waals surface area contributed by atoms with Crippen molar-refractivity contribution < 1.29 is 0 Å². The summed E-state index contributed by atoms with van der Waals surface area (Å²) in [5, 5.41) is 3.14. The van der Waals surface area contributed by atoms with Crippen molar-refractivity contribution in [2.75, 3.05) is 18.0 Å². The molecule has 0 N–H and O–H groups in total. The highest BCUT2D eigenvalue weighted by Crippen LogP contribution is 2.23. The van der Waals surface area contributed by atoms with E-state index in [4.69, 9.17) is 0 Å². The SMILES string of the molecule is CCN(CC(C)C)c1nc(Br)cs1. The van der Waals surface area contributed by atoms with Crippen LogP contribution in [0.25, 0.3) is 0 Å². The maximum absolute atomic E-state index is 4.40. The Labute approximate surface area is 92.1 Å². The molecule has 0 saturated carbocycles. The van der Waals surface area contributed by atoms with Crippen LogP contribution in [0.1, 0.15) is 20.8 Å². The van der Waals surface area contributed by atoms with Crippen LogP contribution in [0.5, 0.6) is 0 Å². The minimum atomic E-state index is 0.683. The summed E-state index contributed by atoms with van der Waals surface area (Å²) >= 11 is 5.06. The number of nitrogens with zero attached hydrogens (tertiary/aromatic N) is 2. The molecule has 1 aromatic rings. The number of thiazole rings is 1. The smallest absolute Gasteiger partial charge is 0.186 e. The van der Waals surface area contributed by atoms with Crippen LogP contribution in [0.2, 0.25) is 0 Å². The Bertz CT molecular complexity index is 260. The Morgan fingerprint density at radius 2 is 2.31 bits per heavy atom. The third-order valence-electron chi connectivity index (χ3n) is 1.70. The van der Waals surface area contributed by atoms with Crippen molar-refractivity contribution in [3.8, 4) is 0 Å². The molecule has 13 heavy (non-hydrogen) atoms. The van der Waals surface area contributed by atoms with Gasteiger partial charge >= 0.3 is 0 Å². The fourth-order valence-electron chi connectivity index (χ4n) is 1.17. The van der Waals surface area contributed by atoms with E-state index in [-0.39, 0.29) is 0 Å². The van der Waals surface area contributed by atoms with Crippen molar-refractivity contribution >= 4 is 32.4 Å². The van der Waals surface area contributed by atoms with Crippen LogP contribution in [0, 0.1) is 5.92 Å². The van der Waals surface area contributed by atoms with Gasteiger partial charge in [-0.3, -0.25) is 0 Å². The summed E-state index contributed by atoms with van der Waals surface area (Å²) in [6.07, 6.45) is 0. The summed E-state index contributed by atoms with van der Waals surface area (Å²) in [5.41, 5.74) is 0. The summed E-state index contributed by atoms with van der Waals surface area (Å²) in [6.45, 7) is 8.73. The Hall–Kier alpha value is -0.0900. The van der Waals surface area contributed by atoms with E-state index in [9.17, 15) is 0 Å². The molecule has 1 heterocycles. The first-order valence-electron chi connectivity index (χ1n) is 4.49. The molecule has 0 saturated heterocycles. The van der Waals surface area contributed by atoms with Gasteiger partial charge in [-0.15, -0.1) is 11.3 Å². The minimum absolute atomic E-state index is 0.683. The Morgan fingerprint density at radius 3 is 2.69 bits per heavy atom. The van der Waals surface area contributed by atoms with E-state index < -0.39 is 0 Å². The van der Waals surface area contributed by atoms with Gasteiger partial charge < -0.3 is 4.90 Å². The van der Waals surface area contributed by atoms with Crippen molar-refractivity contribution in [3.05, 3.63) is 9.98 Å². The largest absolute Gasteiger partial charge is 0.348 e. The number of halogens is 1. The van der Waals surface area contributed by atoms with E-state index >= 15 is 0 Å². The first kappa shape index (κ1) is 11.0. The van der Waals surface area contributed by atoms with Crippen LogP contribution in [-0.2, 0) is 0 Å². The van der Waals surface area contributed by atoms with Gasteiger partial charge in [-0.1, -0.05) is 13.8 Å². The maximum Gasteiger partial charge on any atom is 0.186 e. The second kappa shape index (κ2) is 4.96. The fourth-order valence-corrected chi connectivity index (χ4v) is 2.50. The van der Waals surface area contributed by atoms with Crippen LogP contribution in [0.4, 0.5) is 5.13 Å². The lowest BCUT2D eigenvalue weighted by Crippen LogP contribution is -2.26. The fraction of sp³-hybridized carbons (Fsp3) is 0.667. The molecule has 1 rings (SSSR count). The van der Waals surface area contributed by atoms with Gasteiger partial charge in [0.2, 0.25) is 0 Å². The molecular formula is C9H15BrN2S. The van der Waals surface area contributed by atoms with Gasteiger partial charge in [0.15, 0.2) is 5.13 Å². The average Bonchev–Trinajstić information content (AvgIpc) is 2.47. The number of aromatic nitrogens is 1. The van der Waals surface area contributed by atoms with Crippen LogP contribution in [0.3, 0.4) is 0 Å². The predicted octanol–water partition coefficient (Wildman–Crippen LogP) is 3.39. The third kappa shape index (κ3) is 3.27. The second-order valence-corrected chi connectivity index (χ2v) is 5.03. The molecule has 0 aliphatic heterocycles. The highest BCUT2D eigenvalue weighted by atomic mass is 79.9. The van der Waals surface area contributed by atoms with Crippen molar-refractivity contribution in [3.63, 3.8) is 0 Å². The topological polar surface area (TPSA) is 16.1 Å². The van der Waals surface area contributed by atoms with E-state index in [1.54, 1.807) is 11.3 Å². The molecule has 0 unspecified atom stereocenters. The van der Waals surface area contributed by atoms with Gasteiger partial charge in [0.25, 0.3) is 0 Å². The normalized spacial score (nSPS) is 10.8. The third-order valence-corrected chi connectivity index (χ3v) is 3.31. The van der Waals surface area contributed by atoms with Crippen LogP contribution < -0.4 is 4.90 Å². The molecule has 1 aromatic heterocycles. The van der Waals surface area contributed by atoms with E-state index in [0.29, 0.717) is 5.92 Å². The van der Waals surface area contributed by atoms with E-state index in [0.717, 1.165) is 22.8 Å².